The minimum Gasteiger partial charge on any atom is -0.493 e. The van der Waals surface area contributed by atoms with Gasteiger partial charge in [-0.2, -0.15) is 0 Å². The van der Waals surface area contributed by atoms with Gasteiger partial charge in [0.15, 0.2) is 11.5 Å². The molecule has 0 radical (unpaired) electrons. The molecule has 2 aliphatic heterocycles. The number of nitrogens with zero attached hydrogens (tertiary/aromatic N) is 2. The third-order valence-corrected chi connectivity index (χ3v) is 5.40. The van der Waals surface area contributed by atoms with Gasteiger partial charge in [-0.3, -0.25) is 19.3 Å². The molecule has 3 rings (SSSR count). The Bertz CT molecular complexity index is 804. The molecule has 28 heavy (non-hydrogen) atoms. The number of benzene rings is 1. The Morgan fingerprint density at radius 2 is 1.89 bits per heavy atom. The molecule has 0 unspecified atom stereocenters. The number of thioether (sulfide) groups is 1. The molecule has 0 aliphatic carbocycles. The van der Waals surface area contributed by atoms with Gasteiger partial charge in [-0.15, -0.1) is 0 Å². The van der Waals surface area contributed by atoms with Gasteiger partial charge in [-0.1, -0.05) is 6.07 Å². The van der Waals surface area contributed by atoms with Gasteiger partial charge in [-0.05, 0) is 35.5 Å². The number of imide groups is 1. The van der Waals surface area contributed by atoms with E-state index in [1.165, 1.54) is 7.11 Å². The molecular formula is C19H22N2O6S. The zero-order valence-electron chi connectivity index (χ0n) is 15.8. The molecule has 2 saturated heterocycles. The maximum absolute atomic E-state index is 12.6. The number of carbonyl (C=O) groups is 3. The van der Waals surface area contributed by atoms with Crippen LogP contribution in [0.25, 0.3) is 6.08 Å². The van der Waals surface area contributed by atoms with E-state index in [-0.39, 0.29) is 30.0 Å². The molecule has 150 valence electrons. The minimum atomic E-state index is -0.389. The summed E-state index contributed by atoms with van der Waals surface area (Å²) in [6, 6.07) is 5.24. The van der Waals surface area contributed by atoms with Gasteiger partial charge in [0, 0.05) is 26.1 Å². The largest absolute Gasteiger partial charge is 0.493 e. The summed E-state index contributed by atoms with van der Waals surface area (Å²) in [5.74, 6) is 0.645. The van der Waals surface area contributed by atoms with Crippen molar-refractivity contribution in [3.8, 4) is 11.5 Å². The number of methoxy groups -OCH3 is 2. The molecule has 0 N–H and O–H groups in total. The van der Waals surface area contributed by atoms with E-state index in [0.717, 1.165) is 16.7 Å². The van der Waals surface area contributed by atoms with Crippen LogP contribution in [-0.4, -0.2) is 73.9 Å². The lowest BCUT2D eigenvalue weighted by molar-refractivity contribution is -0.135. The Balaban J connectivity index is 1.66. The van der Waals surface area contributed by atoms with Crippen LogP contribution < -0.4 is 9.47 Å². The van der Waals surface area contributed by atoms with Crippen LogP contribution in [0.15, 0.2) is 23.1 Å². The van der Waals surface area contributed by atoms with Crippen LogP contribution in [0.5, 0.6) is 11.5 Å². The summed E-state index contributed by atoms with van der Waals surface area (Å²) < 4.78 is 15.7. The Hall–Kier alpha value is -2.52. The van der Waals surface area contributed by atoms with E-state index >= 15 is 0 Å². The fourth-order valence-electron chi connectivity index (χ4n) is 2.97. The van der Waals surface area contributed by atoms with Crippen LogP contribution in [-0.2, 0) is 14.3 Å². The second kappa shape index (κ2) is 9.11. The van der Waals surface area contributed by atoms with Crippen molar-refractivity contribution in [1.29, 1.82) is 0 Å². The average Bonchev–Trinajstić information content (AvgIpc) is 2.99. The van der Waals surface area contributed by atoms with Crippen LogP contribution in [0.2, 0.25) is 0 Å². The topological polar surface area (TPSA) is 85.4 Å². The van der Waals surface area contributed by atoms with Crippen molar-refractivity contribution in [3.63, 3.8) is 0 Å². The van der Waals surface area contributed by atoms with E-state index in [0.29, 0.717) is 48.3 Å². The van der Waals surface area contributed by atoms with Gasteiger partial charge in [0.2, 0.25) is 5.91 Å². The molecule has 2 fully saturated rings. The molecule has 2 aliphatic rings. The lowest BCUT2D eigenvalue weighted by atomic mass is 10.2. The summed E-state index contributed by atoms with van der Waals surface area (Å²) in [6.07, 6.45) is 1.75. The summed E-state index contributed by atoms with van der Waals surface area (Å²) in [5.41, 5.74) is 0.715. The quantitative estimate of drug-likeness (QED) is 0.668. The van der Waals surface area contributed by atoms with Crippen molar-refractivity contribution < 1.29 is 28.6 Å². The lowest BCUT2D eigenvalue weighted by Gasteiger charge is -2.27. The Morgan fingerprint density at radius 3 is 2.57 bits per heavy atom. The molecule has 1 aromatic carbocycles. The number of amides is 3. The molecule has 8 nitrogen and oxygen atoms in total. The number of hydrogen-bond donors (Lipinski definition) is 0. The van der Waals surface area contributed by atoms with E-state index < -0.39 is 0 Å². The summed E-state index contributed by atoms with van der Waals surface area (Å²) >= 11 is 0.869. The summed E-state index contributed by atoms with van der Waals surface area (Å²) in [5, 5.41) is -0.369. The zero-order chi connectivity index (χ0) is 20.1. The van der Waals surface area contributed by atoms with Gasteiger partial charge in [0.1, 0.15) is 0 Å². The first-order valence-electron chi connectivity index (χ1n) is 8.86. The number of rotatable bonds is 6. The normalized spacial score (nSPS) is 18.7. The van der Waals surface area contributed by atoms with Gasteiger partial charge < -0.3 is 19.1 Å². The zero-order valence-corrected chi connectivity index (χ0v) is 16.6. The second-order valence-corrected chi connectivity index (χ2v) is 7.18. The fraction of sp³-hybridized carbons (Fsp3) is 0.421. The number of morpholine rings is 1. The van der Waals surface area contributed by atoms with Crippen LogP contribution in [0.1, 0.15) is 12.0 Å². The number of ether oxygens (including phenoxy) is 3. The van der Waals surface area contributed by atoms with Crippen LogP contribution in [0, 0.1) is 0 Å². The van der Waals surface area contributed by atoms with Gasteiger partial charge in [0.05, 0.1) is 32.3 Å². The molecule has 2 heterocycles. The van der Waals surface area contributed by atoms with Gasteiger partial charge in [-0.25, -0.2) is 0 Å². The predicted molar refractivity (Wildman–Crippen MR) is 104 cm³/mol. The first kappa shape index (κ1) is 20.2. The smallest absolute Gasteiger partial charge is 0.293 e. The van der Waals surface area contributed by atoms with Crippen LogP contribution in [0.3, 0.4) is 0 Å². The summed E-state index contributed by atoms with van der Waals surface area (Å²) in [4.78, 5) is 40.2. The first-order valence-corrected chi connectivity index (χ1v) is 9.68. The molecule has 0 saturated carbocycles. The number of hydrogen-bond acceptors (Lipinski definition) is 7. The molecule has 1 aromatic rings. The van der Waals surface area contributed by atoms with Crippen LogP contribution in [0.4, 0.5) is 4.79 Å². The Labute approximate surface area is 167 Å². The molecule has 0 bridgehead atoms. The van der Waals surface area contributed by atoms with Crippen molar-refractivity contribution in [2.24, 2.45) is 0 Å². The van der Waals surface area contributed by atoms with E-state index in [4.69, 9.17) is 14.2 Å². The predicted octanol–water partition coefficient (Wildman–Crippen LogP) is 1.99. The van der Waals surface area contributed by atoms with Crippen molar-refractivity contribution >= 4 is 34.9 Å². The van der Waals surface area contributed by atoms with E-state index in [1.54, 1.807) is 36.3 Å². The minimum absolute atomic E-state index is 0.0735. The highest BCUT2D eigenvalue weighted by Crippen LogP contribution is 2.34. The number of carbonyl (C=O) groups excluding carboxylic acids is 3. The van der Waals surface area contributed by atoms with Crippen molar-refractivity contribution in [3.05, 3.63) is 28.7 Å². The van der Waals surface area contributed by atoms with E-state index in [1.807, 2.05) is 0 Å². The lowest BCUT2D eigenvalue weighted by Crippen LogP contribution is -2.42. The van der Waals surface area contributed by atoms with Crippen molar-refractivity contribution in [2.45, 2.75) is 6.42 Å². The first-order chi connectivity index (χ1) is 13.5. The monoisotopic (exact) mass is 406 g/mol. The third-order valence-electron chi connectivity index (χ3n) is 4.49. The summed E-state index contributed by atoms with van der Waals surface area (Å²) in [6.45, 7) is 2.19. The highest BCUT2D eigenvalue weighted by molar-refractivity contribution is 8.18. The molecule has 0 spiro atoms. The van der Waals surface area contributed by atoms with E-state index in [2.05, 4.69) is 0 Å². The Morgan fingerprint density at radius 1 is 1.18 bits per heavy atom. The highest BCUT2D eigenvalue weighted by atomic mass is 32.2. The standard InChI is InChI=1S/C19H22N2O6S/c1-25-14-4-3-13(11-15(14)26-2)12-16-18(23)21(19(24)28-16)6-5-17(22)20-7-9-27-10-8-20/h3-4,11-12H,5-10H2,1-2H3. The molecular weight excluding hydrogens is 384 g/mol. The van der Waals surface area contributed by atoms with Crippen LogP contribution >= 0.6 is 11.8 Å². The second-order valence-electron chi connectivity index (χ2n) is 6.19. The molecule has 0 aromatic heterocycles. The Kier molecular flexibility index (Phi) is 6.58. The maximum atomic E-state index is 12.6. The van der Waals surface area contributed by atoms with E-state index in [9.17, 15) is 14.4 Å². The third kappa shape index (κ3) is 4.48. The highest BCUT2D eigenvalue weighted by Gasteiger charge is 2.35. The van der Waals surface area contributed by atoms with Gasteiger partial charge in [0.25, 0.3) is 11.1 Å². The van der Waals surface area contributed by atoms with Crippen molar-refractivity contribution in [2.75, 3.05) is 47.1 Å². The fourth-order valence-corrected chi connectivity index (χ4v) is 3.83. The SMILES string of the molecule is COc1ccc(C=C2SC(=O)N(CCC(=O)N3CCOCC3)C2=O)cc1OC. The maximum Gasteiger partial charge on any atom is 0.293 e. The van der Waals surface area contributed by atoms with Gasteiger partial charge >= 0.3 is 0 Å². The average molecular weight is 406 g/mol. The van der Waals surface area contributed by atoms with Crippen molar-refractivity contribution in [1.82, 2.24) is 9.80 Å². The molecule has 3 amide bonds. The molecule has 9 heteroatoms. The summed E-state index contributed by atoms with van der Waals surface area (Å²) in [7, 11) is 3.07. The molecule has 0 atom stereocenters.